The predicted molar refractivity (Wildman–Crippen MR) is 152 cm³/mol. The Morgan fingerprint density at radius 2 is 1.68 bits per heavy atom. The molecule has 1 unspecified atom stereocenters. The molecule has 214 valence electrons. The number of piperidine rings is 1. The number of primary amides is 1. The number of rotatable bonds is 13. The zero-order valence-corrected chi connectivity index (χ0v) is 23.2. The van der Waals surface area contributed by atoms with Gasteiger partial charge in [-0.3, -0.25) is 28.8 Å². The number of unbranched alkanes of at least 4 members (excludes halogenated alkanes) is 1. The van der Waals surface area contributed by atoms with Gasteiger partial charge in [-0.1, -0.05) is 30.3 Å². The summed E-state index contributed by atoms with van der Waals surface area (Å²) in [6, 6.07) is 13.4. The van der Waals surface area contributed by atoms with Crippen molar-refractivity contribution in [3.05, 3.63) is 69.6 Å². The number of aromatic nitrogens is 2. The monoisotopic (exact) mass is 549 g/mol. The minimum atomic E-state index is -0.674. The molecule has 0 spiro atoms. The van der Waals surface area contributed by atoms with Gasteiger partial charge in [0.25, 0.3) is 0 Å². The van der Waals surface area contributed by atoms with E-state index in [1.54, 1.807) is 11.6 Å². The van der Waals surface area contributed by atoms with Crippen LogP contribution in [0.1, 0.15) is 68.2 Å². The van der Waals surface area contributed by atoms with Crippen LogP contribution in [0.25, 0.3) is 11.0 Å². The van der Waals surface area contributed by atoms with E-state index in [2.05, 4.69) is 29.6 Å². The van der Waals surface area contributed by atoms with E-state index < -0.39 is 11.9 Å². The van der Waals surface area contributed by atoms with Gasteiger partial charge in [0.15, 0.2) is 0 Å². The third-order valence-corrected chi connectivity index (χ3v) is 7.72. The smallest absolute Gasteiger partial charge is 0.329 e. The normalized spacial score (nSPS) is 17.1. The number of benzene rings is 2. The molecule has 0 bridgehead atoms. The molecular weight excluding hydrogens is 510 g/mol. The van der Waals surface area contributed by atoms with E-state index in [0.29, 0.717) is 25.0 Å². The molecule has 2 aromatic carbocycles. The molecule has 0 radical (unpaired) electrons. The van der Waals surface area contributed by atoms with Gasteiger partial charge >= 0.3 is 5.69 Å². The zero-order valence-electron chi connectivity index (χ0n) is 23.2. The van der Waals surface area contributed by atoms with Crippen LogP contribution in [-0.2, 0) is 45.6 Å². The number of nitrogens with zero attached hydrogens (tertiary/aromatic N) is 2. The van der Waals surface area contributed by atoms with Crippen molar-refractivity contribution in [1.29, 1.82) is 0 Å². The summed E-state index contributed by atoms with van der Waals surface area (Å²) < 4.78 is 8.95. The van der Waals surface area contributed by atoms with Gasteiger partial charge in [-0.2, -0.15) is 0 Å². The molecule has 10 nitrogen and oxygen atoms in total. The molecule has 40 heavy (non-hydrogen) atoms. The number of hydrogen-bond acceptors (Lipinski definition) is 6. The average molecular weight is 550 g/mol. The third-order valence-electron chi connectivity index (χ3n) is 7.72. The van der Waals surface area contributed by atoms with Crippen LogP contribution in [0.2, 0.25) is 0 Å². The molecule has 2 heterocycles. The number of ether oxygens (including phenoxy) is 1. The van der Waals surface area contributed by atoms with Crippen molar-refractivity contribution in [3.8, 4) is 0 Å². The summed E-state index contributed by atoms with van der Waals surface area (Å²) in [5.74, 6) is -1.08. The van der Waals surface area contributed by atoms with Crippen molar-refractivity contribution in [2.75, 3.05) is 0 Å². The molecule has 0 aliphatic carbocycles. The Bertz CT molecular complexity index is 1420. The summed E-state index contributed by atoms with van der Waals surface area (Å²) in [6.07, 6.45) is 5.01. The number of imide groups is 1. The number of carbonyl (C=O) groups excluding carboxylic acids is 3. The first kappa shape index (κ1) is 29.2. The zero-order chi connectivity index (χ0) is 28.8. The standard InChI is InChI=1S/C30H39N5O5/c1-19(23(31)12-15-27(32)36)40-18-22-9-7-20(8-10-22)5-3-4-6-21-11-13-24-26(17-21)34(2)30(39)35(24)25-14-16-28(37)33-29(25)38/h7-11,13,17,19,23,25H,3-6,12,14-16,18,31H2,1-2H3,(H2,32,36)(H,33,37,38)/t19-,23+,25?/m1/s1. The van der Waals surface area contributed by atoms with Gasteiger partial charge in [0.2, 0.25) is 17.7 Å². The van der Waals surface area contributed by atoms with Crippen molar-refractivity contribution in [2.24, 2.45) is 18.5 Å². The van der Waals surface area contributed by atoms with Crippen molar-refractivity contribution in [1.82, 2.24) is 14.5 Å². The Balaban J connectivity index is 1.27. The fraction of sp³-hybridized carbons (Fsp3) is 0.467. The fourth-order valence-corrected chi connectivity index (χ4v) is 5.15. The fourth-order valence-electron chi connectivity index (χ4n) is 5.15. The second kappa shape index (κ2) is 13.1. The molecular formula is C30H39N5O5. The van der Waals surface area contributed by atoms with Crippen LogP contribution in [0, 0.1) is 0 Å². The minimum Gasteiger partial charge on any atom is -0.372 e. The second-order valence-electron chi connectivity index (χ2n) is 10.7. The first-order valence-corrected chi connectivity index (χ1v) is 13.9. The third kappa shape index (κ3) is 7.05. The first-order chi connectivity index (χ1) is 19.1. The van der Waals surface area contributed by atoms with Gasteiger partial charge in [0, 0.05) is 25.9 Å². The lowest BCUT2D eigenvalue weighted by atomic mass is 10.0. The summed E-state index contributed by atoms with van der Waals surface area (Å²) in [7, 11) is 1.71. The Morgan fingerprint density at radius 3 is 2.35 bits per heavy atom. The Kier molecular flexibility index (Phi) is 9.54. The van der Waals surface area contributed by atoms with Gasteiger partial charge < -0.3 is 16.2 Å². The second-order valence-corrected chi connectivity index (χ2v) is 10.7. The number of aryl methyl sites for hydroxylation is 3. The highest BCUT2D eigenvalue weighted by molar-refractivity contribution is 6.00. The summed E-state index contributed by atoms with van der Waals surface area (Å²) >= 11 is 0. The maximum Gasteiger partial charge on any atom is 0.329 e. The summed E-state index contributed by atoms with van der Waals surface area (Å²) in [5.41, 5.74) is 16.0. The molecule has 4 rings (SSSR count). The summed E-state index contributed by atoms with van der Waals surface area (Å²) in [6.45, 7) is 2.37. The van der Waals surface area contributed by atoms with E-state index >= 15 is 0 Å². The maximum absolute atomic E-state index is 13.0. The number of amides is 3. The van der Waals surface area contributed by atoms with E-state index in [1.165, 1.54) is 10.1 Å². The maximum atomic E-state index is 13.0. The van der Waals surface area contributed by atoms with Gasteiger partial charge in [-0.05, 0) is 74.3 Å². The number of fused-ring (bicyclic) bond motifs is 1. The quantitative estimate of drug-likeness (QED) is 0.220. The molecule has 3 aromatic rings. The molecule has 1 fully saturated rings. The number of carbonyl (C=O) groups is 3. The Morgan fingerprint density at radius 1 is 1.02 bits per heavy atom. The van der Waals surface area contributed by atoms with Gasteiger partial charge in [0.05, 0.1) is 23.7 Å². The van der Waals surface area contributed by atoms with E-state index in [4.69, 9.17) is 16.2 Å². The van der Waals surface area contributed by atoms with Crippen LogP contribution in [-0.4, -0.2) is 39.0 Å². The van der Waals surface area contributed by atoms with Crippen LogP contribution >= 0.6 is 0 Å². The molecule has 1 aromatic heterocycles. The lowest BCUT2D eigenvalue weighted by Crippen LogP contribution is -2.44. The van der Waals surface area contributed by atoms with Crippen LogP contribution < -0.4 is 22.5 Å². The van der Waals surface area contributed by atoms with Crippen LogP contribution in [0.4, 0.5) is 0 Å². The van der Waals surface area contributed by atoms with E-state index in [-0.39, 0.29) is 42.5 Å². The predicted octanol–water partition coefficient (Wildman–Crippen LogP) is 2.38. The van der Waals surface area contributed by atoms with E-state index in [0.717, 1.165) is 42.3 Å². The summed E-state index contributed by atoms with van der Waals surface area (Å²) in [4.78, 5) is 47.8. The molecule has 0 saturated carbocycles. The molecule has 1 aliphatic rings. The highest BCUT2D eigenvalue weighted by atomic mass is 16.5. The largest absolute Gasteiger partial charge is 0.372 e. The van der Waals surface area contributed by atoms with Gasteiger partial charge in [-0.25, -0.2) is 4.79 Å². The lowest BCUT2D eigenvalue weighted by Gasteiger charge is -2.21. The van der Waals surface area contributed by atoms with Gasteiger partial charge in [0.1, 0.15) is 6.04 Å². The Labute approximate surface area is 233 Å². The van der Waals surface area contributed by atoms with Crippen LogP contribution in [0.5, 0.6) is 0 Å². The average Bonchev–Trinajstić information content (AvgIpc) is 3.18. The molecule has 1 aliphatic heterocycles. The van der Waals surface area contributed by atoms with Crippen LogP contribution in [0.3, 0.4) is 0 Å². The van der Waals surface area contributed by atoms with Crippen molar-refractivity contribution >= 4 is 28.8 Å². The van der Waals surface area contributed by atoms with Crippen molar-refractivity contribution in [3.63, 3.8) is 0 Å². The van der Waals surface area contributed by atoms with E-state index in [9.17, 15) is 19.2 Å². The number of imidazole rings is 1. The lowest BCUT2D eigenvalue weighted by molar-refractivity contribution is -0.135. The Hall–Kier alpha value is -3.76. The van der Waals surface area contributed by atoms with E-state index in [1.807, 2.05) is 25.1 Å². The summed E-state index contributed by atoms with van der Waals surface area (Å²) in [5, 5.41) is 2.34. The number of nitrogens with one attached hydrogen (secondary N) is 1. The highest BCUT2D eigenvalue weighted by Gasteiger charge is 2.31. The minimum absolute atomic E-state index is 0.170. The molecule has 1 saturated heterocycles. The van der Waals surface area contributed by atoms with Crippen LogP contribution in [0.15, 0.2) is 47.3 Å². The molecule has 5 N–H and O–H groups in total. The highest BCUT2D eigenvalue weighted by Crippen LogP contribution is 2.24. The van der Waals surface area contributed by atoms with Crippen molar-refractivity contribution < 1.29 is 19.1 Å². The molecule has 3 amide bonds. The SMILES string of the molecule is C[C@@H](OCc1ccc(CCCCc2ccc3c(c2)n(C)c(=O)n3C2CCC(=O)NC2=O)cc1)[C@@H](N)CCC(N)=O. The molecule has 10 heteroatoms. The van der Waals surface area contributed by atoms with Crippen molar-refractivity contribution in [2.45, 2.75) is 83.1 Å². The van der Waals surface area contributed by atoms with Gasteiger partial charge in [-0.15, -0.1) is 0 Å². The number of hydrogen-bond donors (Lipinski definition) is 3. The number of nitrogens with two attached hydrogens (primary N) is 2. The molecule has 3 atom stereocenters. The first-order valence-electron chi connectivity index (χ1n) is 13.9. The topological polar surface area (TPSA) is 151 Å².